The van der Waals surface area contributed by atoms with Crippen molar-refractivity contribution in [3.8, 4) is 11.8 Å². The number of nitrogens with zero attached hydrogens (tertiary/aromatic N) is 3. The van der Waals surface area contributed by atoms with Crippen LogP contribution in [0.25, 0.3) is 11.0 Å². The third kappa shape index (κ3) is 2.92. The fourth-order valence-corrected chi connectivity index (χ4v) is 2.20. The molecule has 1 aliphatic carbocycles. The van der Waals surface area contributed by atoms with Gasteiger partial charge in [0.25, 0.3) is 0 Å². The largest absolute Gasteiger partial charge is 0.421 e. The van der Waals surface area contributed by atoms with E-state index >= 15 is 0 Å². The van der Waals surface area contributed by atoms with E-state index in [-0.39, 0.29) is 11.8 Å². The van der Waals surface area contributed by atoms with Gasteiger partial charge in [-0.05, 0) is 30.9 Å². The lowest BCUT2D eigenvalue weighted by Gasteiger charge is -2.05. The summed E-state index contributed by atoms with van der Waals surface area (Å²) in [6.07, 6.45) is 4.04. The summed E-state index contributed by atoms with van der Waals surface area (Å²) in [6.45, 7) is 0.874. The summed E-state index contributed by atoms with van der Waals surface area (Å²) in [4.78, 5) is 8.19. The normalized spacial score (nSPS) is 14.2. The molecule has 1 aromatic carbocycles. The van der Waals surface area contributed by atoms with Crippen molar-refractivity contribution in [2.75, 3.05) is 11.9 Å². The van der Waals surface area contributed by atoms with Gasteiger partial charge < -0.3 is 10.1 Å². The van der Waals surface area contributed by atoms with Crippen molar-refractivity contribution >= 4 is 16.9 Å². The van der Waals surface area contributed by atoms with Gasteiger partial charge in [0.15, 0.2) is 23.0 Å². The van der Waals surface area contributed by atoms with Crippen molar-refractivity contribution in [1.29, 1.82) is 0 Å². The third-order valence-electron chi connectivity index (χ3n) is 3.65. The maximum Gasteiger partial charge on any atom is 0.324 e. The smallest absolute Gasteiger partial charge is 0.324 e. The number of benzene rings is 1. The maximum absolute atomic E-state index is 13.6. The van der Waals surface area contributed by atoms with E-state index in [1.165, 1.54) is 18.9 Å². The molecule has 0 radical (unpaired) electrons. The Morgan fingerprint density at radius 1 is 1.30 bits per heavy atom. The number of nitrogens with one attached hydrogen (secondary N) is 2. The van der Waals surface area contributed by atoms with Crippen molar-refractivity contribution in [3.63, 3.8) is 0 Å². The monoisotopic (exact) mass is 317 g/mol. The highest BCUT2D eigenvalue weighted by Crippen LogP contribution is 2.30. The minimum absolute atomic E-state index is 0.0413. The molecule has 2 aromatic heterocycles. The Labute approximate surface area is 129 Å². The first-order valence-corrected chi connectivity index (χ1v) is 7.27. The average Bonchev–Trinajstić information content (AvgIpc) is 3.28. The van der Waals surface area contributed by atoms with Gasteiger partial charge in [0.05, 0.1) is 5.39 Å². The first-order chi connectivity index (χ1) is 11.2. The Hall–Kier alpha value is -2.77. The van der Waals surface area contributed by atoms with E-state index in [9.17, 15) is 8.78 Å². The highest BCUT2D eigenvalue weighted by molar-refractivity contribution is 5.86. The molecule has 1 aliphatic rings. The SMILES string of the molecule is Fc1ccc(Oc2ncc3c(NCC4CC4)n[nH]c3n2)c(F)c1. The summed E-state index contributed by atoms with van der Waals surface area (Å²) in [7, 11) is 0. The summed E-state index contributed by atoms with van der Waals surface area (Å²) < 4.78 is 31.7. The van der Waals surface area contributed by atoms with Gasteiger partial charge in [-0.25, -0.2) is 13.8 Å². The topological polar surface area (TPSA) is 75.7 Å². The van der Waals surface area contributed by atoms with Crippen LogP contribution in [0.3, 0.4) is 0 Å². The van der Waals surface area contributed by atoms with Crippen molar-refractivity contribution in [2.45, 2.75) is 12.8 Å². The number of hydrogen-bond donors (Lipinski definition) is 2. The van der Waals surface area contributed by atoms with Crippen LogP contribution >= 0.6 is 0 Å². The van der Waals surface area contributed by atoms with Gasteiger partial charge >= 0.3 is 6.01 Å². The molecule has 0 bridgehead atoms. The lowest BCUT2D eigenvalue weighted by atomic mass is 10.3. The highest BCUT2D eigenvalue weighted by Gasteiger charge is 2.21. The number of hydrogen-bond acceptors (Lipinski definition) is 5. The molecule has 118 valence electrons. The van der Waals surface area contributed by atoms with Gasteiger partial charge in [0.1, 0.15) is 5.82 Å². The van der Waals surface area contributed by atoms with Crippen LogP contribution in [0.1, 0.15) is 12.8 Å². The lowest BCUT2D eigenvalue weighted by molar-refractivity contribution is 0.409. The molecule has 8 heteroatoms. The standard InChI is InChI=1S/C15H13F2N5O/c16-9-3-4-12(11(17)5-9)23-15-19-7-10-13(18-6-8-1-2-8)21-22-14(10)20-15/h3-5,7-8H,1-2,6H2,(H2,18,19,20,21,22). The van der Waals surface area contributed by atoms with Gasteiger partial charge in [0, 0.05) is 18.8 Å². The number of rotatable bonds is 5. The quantitative estimate of drug-likeness (QED) is 0.755. The third-order valence-corrected chi connectivity index (χ3v) is 3.65. The number of aromatic nitrogens is 4. The van der Waals surface area contributed by atoms with Crippen molar-refractivity contribution < 1.29 is 13.5 Å². The van der Waals surface area contributed by atoms with Crippen LogP contribution in [0.2, 0.25) is 0 Å². The Kier molecular flexibility index (Phi) is 3.29. The average molecular weight is 317 g/mol. The number of H-pyrrole nitrogens is 1. The van der Waals surface area contributed by atoms with Crippen LogP contribution in [0, 0.1) is 17.6 Å². The predicted molar refractivity (Wildman–Crippen MR) is 79.3 cm³/mol. The van der Waals surface area contributed by atoms with Crippen LogP contribution in [0.4, 0.5) is 14.6 Å². The molecule has 3 aromatic rings. The number of anilines is 1. The van der Waals surface area contributed by atoms with Crippen molar-refractivity contribution in [2.24, 2.45) is 5.92 Å². The summed E-state index contributed by atoms with van der Waals surface area (Å²) in [5.41, 5.74) is 0.482. The van der Waals surface area contributed by atoms with E-state index < -0.39 is 11.6 Å². The molecule has 0 spiro atoms. The summed E-state index contributed by atoms with van der Waals surface area (Å²) in [6, 6.07) is 2.99. The van der Waals surface area contributed by atoms with Crippen LogP contribution in [-0.4, -0.2) is 26.7 Å². The molecule has 2 N–H and O–H groups in total. The number of fused-ring (bicyclic) bond motifs is 1. The van der Waals surface area contributed by atoms with Crippen LogP contribution < -0.4 is 10.1 Å². The number of ether oxygens (including phenoxy) is 1. The van der Waals surface area contributed by atoms with Gasteiger partial charge in [-0.15, -0.1) is 0 Å². The van der Waals surface area contributed by atoms with Crippen LogP contribution in [-0.2, 0) is 0 Å². The van der Waals surface area contributed by atoms with E-state index in [0.29, 0.717) is 17.4 Å². The fraction of sp³-hybridized carbons (Fsp3) is 0.267. The Bertz CT molecular complexity index is 862. The van der Waals surface area contributed by atoms with Gasteiger partial charge in [-0.2, -0.15) is 10.1 Å². The lowest BCUT2D eigenvalue weighted by Crippen LogP contribution is -2.03. The molecule has 0 atom stereocenters. The van der Waals surface area contributed by atoms with Crippen molar-refractivity contribution in [3.05, 3.63) is 36.0 Å². The first-order valence-electron chi connectivity index (χ1n) is 7.27. The van der Waals surface area contributed by atoms with Crippen LogP contribution in [0.15, 0.2) is 24.4 Å². The zero-order valence-electron chi connectivity index (χ0n) is 12.0. The molecule has 0 unspecified atom stereocenters. The molecular weight excluding hydrogens is 304 g/mol. The van der Waals surface area contributed by atoms with Gasteiger partial charge in [0.2, 0.25) is 0 Å². The van der Waals surface area contributed by atoms with E-state index in [0.717, 1.165) is 24.1 Å². The second-order valence-electron chi connectivity index (χ2n) is 5.49. The molecule has 6 nitrogen and oxygen atoms in total. The van der Waals surface area contributed by atoms with E-state index in [4.69, 9.17) is 4.74 Å². The molecule has 0 saturated heterocycles. The molecule has 0 amide bonds. The van der Waals surface area contributed by atoms with Gasteiger partial charge in [-0.1, -0.05) is 0 Å². The minimum Gasteiger partial charge on any atom is -0.421 e. The molecule has 1 saturated carbocycles. The van der Waals surface area contributed by atoms with Crippen molar-refractivity contribution in [1.82, 2.24) is 20.2 Å². The summed E-state index contributed by atoms with van der Waals surface area (Å²) in [5, 5.41) is 10.9. The Morgan fingerprint density at radius 3 is 2.96 bits per heavy atom. The fourth-order valence-electron chi connectivity index (χ4n) is 2.20. The van der Waals surface area contributed by atoms with Crippen LogP contribution in [0.5, 0.6) is 11.8 Å². The second-order valence-corrected chi connectivity index (χ2v) is 5.49. The minimum atomic E-state index is -0.815. The first kappa shape index (κ1) is 13.9. The summed E-state index contributed by atoms with van der Waals surface area (Å²) in [5.74, 6) is -0.230. The molecule has 2 heterocycles. The van der Waals surface area contributed by atoms with E-state index in [1.54, 1.807) is 6.20 Å². The zero-order chi connectivity index (χ0) is 15.8. The van der Waals surface area contributed by atoms with E-state index in [2.05, 4.69) is 25.5 Å². The number of aromatic amines is 1. The maximum atomic E-state index is 13.6. The second kappa shape index (κ2) is 5.45. The molecule has 23 heavy (non-hydrogen) atoms. The highest BCUT2D eigenvalue weighted by atomic mass is 19.1. The predicted octanol–water partition coefficient (Wildman–Crippen LogP) is 3.25. The van der Waals surface area contributed by atoms with Gasteiger partial charge in [-0.3, -0.25) is 5.10 Å². The molecule has 0 aliphatic heterocycles. The molecule has 4 rings (SSSR count). The molecule has 1 fully saturated rings. The number of halogens is 2. The van der Waals surface area contributed by atoms with E-state index in [1.807, 2.05) is 0 Å². The zero-order valence-corrected chi connectivity index (χ0v) is 12.0. The molecular formula is C15H13F2N5O. The summed E-state index contributed by atoms with van der Waals surface area (Å²) >= 11 is 0. The Morgan fingerprint density at radius 2 is 2.17 bits per heavy atom. The Balaban J connectivity index is 1.56.